The van der Waals surface area contributed by atoms with Crippen molar-refractivity contribution in [2.75, 3.05) is 19.0 Å². The van der Waals surface area contributed by atoms with Crippen LogP contribution >= 0.6 is 15.9 Å². The first-order valence-corrected chi connectivity index (χ1v) is 13.0. The lowest BCUT2D eigenvalue weighted by Crippen LogP contribution is -2.38. The molecule has 4 rings (SSSR count). The minimum absolute atomic E-state index is 0.00550. The second-order valence-electron chi connectivity index (χ2n) is 8.68. The molecule has 3 aromatic carbocycles. The smallest absolute Gasteiger partial charge is 0.329 e. The molecule has 1 heterocycles. The van der Waals surface area contributed by atoms with Gasteiger partial charge in [-0.2, -0.15) is 0 Å². The van der Waals surface area contributed by atoms with Gasteiger partial charge in [0.05, 0.1) is 12.0 Å². The van der Waals surface area contributed by atoms with Gasteiger partial charge in [0.15, 0.2) is 11.5 Å². The minimum Gasteiger partial charge on any atom is -0.493 e. The third-order valence-electron chi connectivity index (χ3n) is 6.06. The van der Waals surface area contributed by atoms with Crippen LogP contribution in [-0.4, -0.2) is 41.3 Å². The van der Waals surface area contributed by atoms with Crippen molar-refractivity contribution in [1.29, 1.82) is 0 Å². The van der Waals surface area contributed by atoms with E-state index in [9.17, 15) is 24.5 Å². The SMILES string of the molecule is CCc1ccccc1NC(=O)CN1C(=O)N/C(=C/c2cc(OC)c(OCc3ccc([N+](=O)[O-])cc3)cc2Br)C1=O. The second-order valence-corrected chi connectivity index (χ2v) is 9.53. The molecule has 40 heavy (non-hydrogen) atoms. The Morgan fingerprint density at radius 3 is 2.52 bits per heavy atom. The predicted molar refractivity (Wildman–Crippen MR) is 151 cm³/mol. The first-order valence-electron chi connectivity index (χ1n) is 12.2. The molecule has 0 unspecified atom stereocenters. The zero-order chi connectivity index (χ0) is 28.8. The Hall–Kier alpha value is -4.71. The number of aryl methyl sites for hydroxylation is 1. The van der Waals surface area contributed by atoms with Crippen LogP contribution in [0.1, 0.15) is 23.6 Å². The number of hydrogen-bond acceptors (Lipinski definition) is 7. The molecule has 11 nitrogen and oxygen atoms in total. The largest absolute Gasteiger partial charge is 0.493 e. The summed E-state index contributed by atoms with van der Waals surface area (Å²) in [6.45, 7) is 1.65. The summed E-state index contributed by atoms with van der Waals surface area (Å²) in [5.74, 6) is -0.391. The predicted octanol–water partition coefficient (Wildman–Crippen LogP) is 5.04. The number of methoxy groups -OCH3 is 1. The number of rotatable bonds is 10. The van der Waals surface area contributed by atoms with Gasteiger partial charge in [-0.05, 0) is 59.5 Å². The Kier molecular flexibility index (Phi) is 8.80. The molecule has 0 spiro atoms. The average Bonchev–Trinajstić information content (AvgIpc) is 3.20. The van der Waals surface area contributed by atoms with Crippen LogP contribution in [0.3, 0.4) is 0 Å². The van der Waals surface area contributed by atoms with Gasteiger partial charge in [0.1, 0.15) is 18.8 Å². The molecule has 4 amide bonds. The molecule has 206 valence electrons. The van der Waals surface area contributed by atoms with Gasteiger partial charge in [0, 0.05) is 22.3 Å². The summed E-state index contributed by atoms with van der Waals surface area (Å²) >= 11 is 3.45. The van der Waals surface area contributed by atoms with E-state index in [4.69, 9.17) is 9.47 Å². The Morgan fingerprint density at radius 2 is 1.85 bits per heavy atom. The fraction of sp³-hybridized carbons (Fsp3) is 0.179. The normalized spacial score (nSPS) is 13.8. The third kappa shape index (κ3) is 6.46. The maximum atomic E-state index is 13.0. The van der Waals surface area contributed by atoms with Crippen molar-refractivity contribution in [2.45, 2.75) is 20.0 Å². The van der Waals surface area contributed by atoms with Gasteiger partial charge in [-0.25, -0.2) is 9.69 Å². The van der Waals surface area contributed by atoms with E-state index in [2.05, 4.69) is 26.6 Å². The number of benzene rings is 3. The van der Waals surface area contributed by atoms with Crippen LogP contribution in [0.25, 0.3) is 6.08 Å². The van der Waals surface area contributed by atoms with Crippen molar-refractivity contribution in [3.05, 3.63) is 97.6 Å². The van der Waals surface area contributed by atoms with Crippen LogP contribution in [0.15, 0.2) is 70.8 Å². The number of nitrogens with one attached hydrogen (secondary N) is 2. The molecule has 0 aromatic heterocycles. The van der Waals surface area contributed by atoms with Crippen LogP contribution in [0.2, 0.25) is 0 Å². The standard InChI is InChI=1S/C28H25BrN4O7/c1-3-18-6-4-5-7-22(18)30-26(34)15-32-27(35)23(31-28(32)36)12-19-13-24(39-2)25(14-21(19)29)40-16-17-8-10-20(11-9-17)33(37)38/h4-14H,3,15-16H2,1-2H3,(H,30,34)(H,31,36)/b23-12+. The van der Waals surface area contributed by atoms with Crippen molar-refractivity contribution in [1.82, 2.24) is 10.2 Å². The van der Waals surface area contributed by atoms with E-state index in [0.29, 0.717) is 33.6 Å². The van der Waals surface area contributed by atoms with E-state index in [-0.39, 0.29) is 18.0 Å². The Morgan fingerprint density at radius 1 is 1.12 bits per heavy atom. The number of para-hydroxylation sites is 1. The van der Waals surface area contributed by atoms with Gasteiger partial charge in [0.25, 0.3) is 11.6 Å². The number of ether oxygens (including phenoxy) is 2. The third-order valence-corrected chi connectivity index (χ3v) is 6.75. The number of non-ortho nitro benzene ring substituents is 1. The maximum Gasteiger partial charge on any atom is 0.329 e. The summed E-state index contributed by atoms with van der Waals surface area (Å²) in [5, 5.41) is 16.1. The van der Waals surface area contributed by atoms with Crippen LogP contribution in [-0.2, 0) is 22.6 Å². The number of halogens is 1. The Bertz CT molecular complexity index is 1500. The fourth-order valence-electron chi connectivity index (χ4n) is 3.96. The highest BCUT2D eigenvalue weighted by Gasteiger charge is 2.35. The van der Waals surface area contributed by atoms with Crippen LogP contribution in [0.4, 0.5) is 16.2 Å². The number of imide groups is 1. The summed E-state index contributed by atoms with van der Waals surface area (Å²) in [6.07, 6.45) is 2.18. The van der Waals surface area contributed by atoms with Gasteiger partial charge < -0.3 is 20.1 Å². The van der Waals surface area contributed by atoms with Crippen molar-refractivity contribution in [3.63, 3.8) is 0 Å². The number of anilines is 1. The lowest BCUT2D eigenvalue weighted by molar-refractivity contribution is -0.384. The number of urea groups is 1. The van der Waals surface area contributed by atoms with Crippen LogP contribution < -0.4 is 20.1 Å². The van der Waals surface area contributed by atoms with Gasteiger partial charge in [-0.15, -0.1) is 0 Å². The number of carbonyl (C=O) groups is 3. The summed E-state index contributed by atoms with van der Waals surface area (Å²) in [4.78, 5) is 49.3. The molecule has 0 bridgehead atoms. The summed E-state index contributed by atoms with van der Waals surface area (Å²) in [7, 11) is 1.46. The zero-order valence-electron chi connectivity index (χ0n) is 21.6. The highest BCUT2D eigenvalue weighted by molar-refractivity contribution is 9.10. The molecule has 0 saturated carbocycles. The number of nitrogens with zero attached hydrogens (tertiary/aromatic N) is 2. The molecule has 2 N–H and O–H groups in total. The molecule has 0 radical (unpaired) electrons. The lowest BCUT2D eigenvalue weighted by Gasteiger charge is -2.14. The molecule has 0 atom stereocenters. The highest BCUT2D eigenvalue weighted by atomic mass is 79.9. The van der Waals surface area contributed by atoms with Crippen molar-refractivity contribution in [2.24, 2.45) is 0 Å². The summed E-state index contributed by atoms with van der Waals surface area (Å²) in [6, 6.07) is 15.9. The van der Waals surface area contributed by atoms with E-state index < -0.39 is 29.3 Å². The molecule has 3 aromatic rings. The molecule has 0 aliphatic carbocycles. The van der Waals surface area contributed by atoms with E-state index in [1.54, 1.807) is 36.4 Å². The molecule has 1 aliphatic rings. The summed E-state index contributed by atoms with van der Waals surface area (Å²) in [5.41, 5.74) is 2.78. The van der Waals surface area contributed by atoms with E-state index >= 15 is 0 Å². The minimum atomic E-state index is -0.707. The number of amides is 4. The Balaban J connectivity index is 1.46. The quantitative estimate of drug-likeness (QED) is 0.142. The monoisotopic (exact) mass is 608 g/mol. The second kappa shape index (κ2) is 12.4. The molecule has 1 aliphatic heterocycles. The molecular formula is C28H25BrN4O7. The number of carbonyl (C=O) groups excluding carboxylic acids is 3. The summed E-state index contributed by atoms with van der Waals surface area (Å²) < 4.78 is 11.8. The van der Waals surface area contributed by atoms with Gasteiger partial charge in [-0.3, -0.25) is 19.7 Å². The molecule has 1 fully saturated rings. The zero-order valence-corrected chi connectivity index (χ0v) is 23.2. The number of nitro benzene ring substituents is 1. The van der Waals surface area contributed by atoms with E-state index in [1.807, 2.05) is 19.1 Å². The first-order chi connectivity index (χ1) is 19.2. The number of nitro groups is 1. The topological polar surface area (TPSA) is 140 Å². The van der Waals surface area contributed by atoms with Crippen LogP contribution in [0.5, 0.6) is 11.5 Å². The fourth-order valence-corrected chi connectivity index (χ4v) is 4.40. The lowest BCUT2D eigenvalue weighted by atomic mass is 10.1. The van der Waals surface area contributed by atoms with Gasteiger partial charge in [-0.1, -0.05) is 41.1 Å². The van der Waals surface area contributed by atoms with Crippen molar-refractivity contribution >= 4 is 51.2 Å². The van der Waals surface area contributed by atoms with Crippen molar-refractivity contribution < 1.29 is 28.8 Å². The number of hydrogen-bond donors (Lipinski definition) is 2. The van der Waals surface area contributed by atoms with Crippen molar-refractivity contribution in [3.8, 4) is 11.5 Å². The highest BCUT2D eigenvalue weighted by Crippen LogP contribution is 2.35. The maximum absolute atomic E-state index is 13.0. The molecular weight excluding hydrogens is 584 g/mol. The Labute approximate surface area is 238 Å². The molecule has 1 saturated heterocycles. The first kappa shape index (κ1) is 28.3. The van der Waals surface area contributed by atoms with E-state index in [0.717, 1.165) is 16.0 Å². The van der Waals surface area contributed by atoms with E-state index in [1.165, 1.54) is 25.3 Å². The average molecular weight is 609 g/mol. The van der Waals surface area contributed by atoms with Crippen LogP contribution in [0, 0.1) is 10.1 Å². The van der Waals surface area contributed by atoms with Gasteiger partial charge >= 0.3 is 6.03 Å². The van der Waals surface area contributed by atoms with Gasteiger partial charge in [0.2, 0.25) is 5.91 Å². The molecule has 12 heteroatoms.